The van der Waals surface area contributed by atoms with Gasteiger partial charge in [-0.3, -0.25) is 4.79 Å². The van der Waals surface area contributed by atoms with Gasteiger partial charge in [0.05, 0.1) is 0 Å². The van der Waals surface area contributed by atoms with Gasteiger partial charge in [0.25, 0.3) is 0 Å². The maximum absolute atomic E-state index is 11.8. The molecule has 0 amide bonds. The molecule has 1 rings (SSSR count). The lowest BCUT2D eigenvalue weighted by Crippen LogP contribution is -2.19. The second-order valence-electron chi connectivity index (χ2n) is 9.32. The lowest BCUT2D eigenvalue weighted by Gasteiger charge is -2.32. The van der Waals surface area contributed by atoms with E-state index in [0.29, 0.717) is 13.0 Å². The van der Waals surface area contributed by atoms with Crippen molar-refractivity contribution in [2.24, 2.45) is 5.41 Å². The Hall–Kier alpha value is -2.35. The van der Waals surface area contributed by atoms with Crippen molar-refractivity contribution in [1.82, 2.24) is 0 Å². The Kier molecular flexibility index (Phi) is 13.4. The fraction of sp³-hybridized carbons (Fsp3) is 0.500. The zero-order valence-electron chi connectivity index (χ0n) is 21.2. The third kappa shape index (κ3) is 11.9. The van der Waals surface area contributed by atoms with E-state index in [9.17, 15) is 4.79 Å². The number of hydrogen-bond donors (Lipinski definition) is 0. The van der Waals surface area contributed by atoms with E-state index in [1.54, 1.807) is 0 Å². The van der Waals surface area contributed by atoms with Gasteiger partial charge in [-0.2, -0.15) is 0 Å². The summed E-state index contributed by atoms with van der Waals surface area (Å²) in [6, 6.07) is 0. The highest BCUT2D eigenvalue weighted by Crippen LogP contribution is 2.40. The molecule has 0 aromatic heterocycles. The molecule has 0 atom stereocenters. The van der Waals surface area contributed by atoms with Crippen molar-refractivity contribution in [1.29, 1.82) is 0 Å². The molecule has 0 saturated carbocycles. The van der Waals surface area contributed by atoms with Gasteiger partial charge in [0.2, 0.25) is 0 Å². The second kappa shape index (κ2) is 15.5. The molecule has 0 aromatic rings. The summed E-state index contributed by atoms with van der Waals surface area (Å²) >= 11 is 0. The molecular weight excluding hydrogens is 392 g/mol. The Balaban J connectivity index is 2.39. The Bertz CT molecular complexity index is 795. The number of esters is 1. The molecule has 0 radical (unpaired) electrons. The van der Waals surface area contributed by atoms with Crippen LogP contribution >= 0.6 is 0 Å². The van der Waals surface area contributed by atoms with E-state index in [0.717, 1.165) is 24.8 Å². The fourth-order valence-electron chi connectivity index (χ4n) is 3.79. The van der Waals surface area contributed by atoms with Crippen molar-refractivity contribution in [2.45, 2.75) is 86.5 Å². The summed E-state index contributed by atoms with van der Waals surface area (Å²) in [6.07, 6.45) is 28.0. The molecule has 1 aliphatic carbocycles. The first-order valence-electron chi connectivity index (χ1n) is 12.1. The highest BCUT2D eigenvalue weighted by atomic mass is 16.5. The smallest absolute Gasteiger partial charge is 0.306 e. The third-order valence-corrected chi connectivity index (χ3v) is 5.79. The molecule has 0 heterocycles. The minimum Gasteiger partial charge on any atom is -0.461 e. The number of carbonyl (C=O) groups excluding carboxylic acids is 1. The van der Waals surface area contributed by atoms with Crippen LogP contribution in [0.15, 0.2) is 83.1 Å². The van der Waals surface area contributed by atoms with Crippen LogP contribution in [0.25, 0.3) is 0 Å². The molecule has 0 N–H and O–H groups in total. The van der Waals surface area contributed by atoms with Gasteiger partial charge in [-0.25, -0.2) is 0 Å². The summed E-state index contributed by atoms with van der Waals surface area (Å²) in [6.45, 7) is 13.6. The average Bonchev–Trinajstić information content (AvgIpc) is 2.72. The average molecular weight is 437 g/mol. The zero-order valence-corrected chi connectivity index (χ0v) is 21.2. The molecule has 0 fully saturated rings. The lowest BCUT2D eigenvalue weighted by molar-refractivity contribution is -0.142. The minimum atomic E-state index is -0.133. The highest BCUT2D eigenvalue weighted by molar-refractivity contribution is 5.69. The van der Waals surface area contributed by atoms with Gasteiger partial charge >= 0.3 is 5.97 Å². The summed E-state index contributed by atoms with van der Waals surface area (Å²) < 4.78 is 5.30. The third-order valence-electron chi connectivity index (χ3n) is 5.79. The van der Waals surface area contributed by atoms with E-state index in [4.69, 9.17) is 4.74 Å². The predicted octanol–water partition coefficient (Wildman–Crippen LogP) is 8.75. The molecular formula is C30H44O2. The largest absolute Gasteiger partial charge is 0.461 e. The van der Waals surface area contributed by atoms with E-state index in [-0.39, 0.29) is 11.4 Å². The van der Waals surface area contributed by atoms with Crippen molar-refractivity contribution in [3.63, 3.8) is 0 Å². The first kappa shape index (κ1) is 27.7. The molecule has 0 saturated heterocycles. The summed E-state index contributed by atoms with van der Waals surface area (Å²) in [4.78, 5) is 11.8. The van der Waals surface area contributed by atoms with Gasteiger partial charge in [-0.1, -0.05) is 92.2 Å². The number of carbonyl (C=O) groups is 1. The van der Waals surface area contributed by atoms with Crippen LogP contribution in [-0.4, -0.2) is 12.6 Å². The monoisotopic (exact) mass is 436 g/mol. The van der Waals surface area contributed by atoms with Crippen molar-refractivity contribution in [3.05, 3.63) is 83.1 Å². The van der Waals surface area contributed by atoms with Crippen LogP contribution in [0.5, 0.6) is 0 Å². The number of allylic oxidation sites excluding steroid dienone is 13. The Morgan fingerprint density at radius 3 is 2.53 bits per heavy atom. The normalized spacial score (nSPS) is 18.1. The van der Waals surface area contributed by atoms with Crippen molar-refractivity contribution in [2.75, 3.05) is 6.61 Å². The number of unbranched alkanes of at least 4 members (excludes halogenated alkanes) is 1. The molecule has 32 heavy (non-hydrogen) atoms. The van der Waals surface area contributed by atoms with E-state index >= 15 is 0 Å². The fourth-order valence-corrected chi connectivity index (χ4v) is 3.79. The first-order chi connectivity index (χ1) is 15.3. The van der Waals surface area contributed by atoms with Crippen LogP contribution < -0.4 is 0 Å². The molecule has 2 heteroatoms. The van der Waals surface area contributed by atoms with Gasteiger partial charge in [0.15, 0.2) is 0 Å². The summed E-state index contributed by atoms with van der Waals surface area (Å²) in [5, 5.41) is 0. The van der Waals surface area contributed by atoms with E-state index in [2.05, 4.69) is 77.2 Å². The van der Waals surface area contributed by atoms with Crippen molar-refractivity contribution >= 4 is 5.97 Å². The standard InChI is InChI=1S/C30H44O2/c1-7-8-9-10-11-12-13-19-29(31)32-24-22-26(3)17-14-16-25(2)20-21-28-27(4)18-15-23-30(28,5)6/h8-11,14,16-17,20-22H,7,12-13,15,18-19,23-24H2,1-6H3. The first-order valence-corrected chi connectivity index (χ1v) is 12.1. The summed E-state index contributed by atoms with van der Waals surface area (Å²) in [7, 11) is 0. The van der Waals surface area contributed by atoms with E-state index in [1.807, 2.05) is 25.2 Å². The van der Waals surface area contributed by atoms with Crippen LogP contribution in [0.1, 0.15) is 86.5 Å². The van der Waals surface area contributed by atoms with Gasteiger partial charge in [-0.15, -0.1) is 0 Å². The molecule has 2 nitrogen and oxygen atoms in total. The molecule has 0 bridgehead atoms. The van der Waals surface area contributed by atoms with E-state index in [1.165, 1.54) is 36.0 Å². The molecule has 0 unspecified atom stereocenters. The number of ether oxygens (including phenoxy) is 1. The molecule has 0 aromatic carbocycles. The van der Waals surface area contributed by atoms with Gasteiger partial charge in [0, 0.05) is 6.42 Å². The minimum absolute atomic E-state index is 0.133. The highest BCUT2D eigenvalue weighted by Gasteiger charge is 2.26. The quantitative estimate of drug-likeness (QED) is 0.174. The van der Waals surface area contributed by atoms with Crippen LogP contribution in [0, 0.1) is 5.41 Å². The van der Waals surface area contributed by atoms with Gasteiger partial charge in [-0.05, 0) is 76.4 Å². The van der Waals surface area contributed by atoms with Crippen molar-refractivity contribution < 1.29 is 9.53 Å². The molecule has 0 aliphatic heterocycles. The number of rotatable bonds is 12. The Morgan fingerprint density at radius 2 is 1.81 bits per heavy atom. The molecule has 0 spiro atoms. The topological polar surface area (TPSA) is 26.3 Å². The van der Waals surface area contributed by atoms with Gasteiger partial charge in [0.1, 0.15) is 6.61 Å². The number of hydrogen-bond acceptors (Lipinski definition) is 2. The van der Waals surface area contributed by atoms with Crippen LogP contribution in [0.2, 0.25) is 0 Å². The zero-order chi connectivity index (χ0) is 23.8. The van der Waals surface area contributed by atoms with Crippen LogP contribution in [0.3, 0.4) is 0 Å². The summed E-state index contributed by atoms with van der Waals surface area (Å²) in [5.74, 6) is -0.133. The van der Waals surface area contributed by atoms with E-state index < -0.39 is 0 Å². The Morgan fingerprint density at radius 1 is 1.06 bits per heavy atom. The molecule has 176 valence electrons. The maximum atomic E-state index is 11.8. The van der Waals surface area contributed by atoms with Gasteiger partial charge < -0.3 is 4.74 Å². The SMILES string of the molecule is CCC=CC=CCCCC(=O)OCC=C(C)C=CC=C(C)C=CC1=C(C)CCCC1(C)C. The van der Waals surface area contributed by atoms with Crippen LogP contribution in [-0.2, 0) is 9.53 Å². The lowest BCUT2D eigenvalue weighted by atomic mass is 9.72. The van der Waals surface area contributed by atoms with Crippen molar-refractivity contribution in [3.8, 4) is 0 Å². The Labute approximate surface area is 197 Å². The predicted molar refractivity (Wildman–Crippen MR) is 140 cm³/mol. The van der Waals surface area contributed by atoms with Crippen LogP contribution in [0.4, 0.5) is 0 Å². The maximum Gasteiger partial charge on any atom is 0.306 e. The summed E-state index contributed by atoms with van der Waals surface area (Å²) in [5.41, 5.74) is 5.59. The molecule has 1 aliphatic rings. The second-order valence-corrected chi connectivity index (χ2v) is 9.32.